The van der Waals surface area contributed by atoms with E-state index in [0.717, 1.165) is 59.5 Å². The Kier molecular flexibility index (Phi) is 6.79. The van der Waals surface area contributed by atoms with E-state index in [-0.39, 0.29) is 0 Å². The molecule has 0 unspecified atom stereocenters. The van der Waals surface area contributed by atoms with E-state index < -0.39 is 0 Å². The van der Waals surface area contributed by atoms with Gasteiger partial charge >= 0.3 is 0 Å². The summed E-state index contributed by atoms with van der Waals surface area (Å²) in [5.74, 6) is 0. The van der Waals surface area contributed by atoms with Gasteiger partial charge < -0.3 is 5.32 Å². The van der Waals surface area contributed by atoms with Crippen LogP contribution in [0.4, 0.5) is 0 Å². The van der Waals surface area contributed by atoms with Crippen LogP contribution in [0.1, 0.15) is 49.1 Å². The van der Waals surface area contributed by atoms with Crippen LogP contribution < -0.4 is 5.32 Å². The Morgan fingerprint density at radius 1 is 0.962 bits per heavy atom. The van der Waals surface area contributed by atoms with Gasteiger partial charge in [-0.3, -0.25) is 4.98 Å². The van der Waals surface area contributed by atoms with Crippen molar-refractivity contribution in [1.29, 1.82) is 0 Å². The maximum Gasteiger partial charge on any atom is 0.0741 e. The van der Waals surface area contributed by atoms with E-state index in [1.165, 1.54) is 22.3 Å². The van der Waals surface area contributed by atoms with Crippen molar-refractivity contribution in [2.24, 2.45) is 0 Å². The number of nitrogens with one attached hydrogen (secondary N) is 1. The minimum Gasteiger partial charge on any atom is -0.316 e. The molecule has 1 aliphatic carbocycles. The molecule has 0 amide bonds. The fraction of sp³-hybridized carbons (Fsp3) is 0.381. The summed E-state index contributed by atoms with van der Waals surface area (Å²) < 4.78 is 1.02. The van der Waals surface area contributed by atoms with Gasteiger partial charge in [-0.1, -0.05) is 42.6 Å². The van der Waals surface area contributed by atoms with Gasteiger partial charge in [0.1, 0.15) is 0 Å². The number of piperidine rings is 1. The average molecular weight is 454 g/mol. The zero-order valence-corrected chi connectivity index (χ0v) is 18.2. The van der Waals surface area contributed by atoms with Gasteiger partial charge in [0.15, 0.2) is 0 Å². The number of halogens is 3. The average Bonchev–Trinajstić information content (AvgIpc) is 2.81. The highest BCUT2D eigenvalue weighted by Gasteiger charge is 2.26. The van der Waals surface area contributed by atoms with Gasteiger partial charge in [0, 0.05) is 26.8 Å². The quantitative estimate of drug-likeness (QED) is 0.494. The normalized spacial score (nSPS) is 16.2. The van der Waals surface area contributed by atoms with Gasteiger partial charge in [-0.05, 0) is 84.0 Å². The van der Waals surface area contributed by atoms with Crippen LogP contribution >= 0.6 is 39.1 Å². The van der Waals surface area contributed by atoms with Crippen molar-refractivity contribution in [1.82, 2.24) is 10.3 Å². The van der Waals surface area contributed by atoms with Crippen molar-refractivity contribution >= 4 is 44.7 Å². The molecule has 0 saturated carbocycles. The van der Waals surface area contributed by atoms with Crippen molar-refractivity contribution in [3.63, 3.8) is 0 Å². The first kappa shape index (κ1) is 19.9. The molecule has 0 bridgehead atoms. The summed E-state index contributed by atoms with van der Waals surface area (Å²) in [5.41, 5.74) is 7.38. The lowest BCUT2D eigenvalue weighted by Crippen LogP contribution is -2.24. The lowest BCUT2D eigenvalue weighted by Gasteiger charge is -2.22. The molecule has 5 heteroatoms. The number of aromatic nitrogens is 1. The van der Waals surface area contributed by atoms with Crippen LogP contribution in [0.25, 0.3) is 5.57 Å². The monoisotopic (exact) mass is 452 g/mol. The molecular formula is C21H23BrCl2N2. The largest absolute Gasteiger partial charge is 0.316 e. The Hall–Kier alpha value is -0.870. The van der Waals surface area contributed by atoms with E-state index in [4.69, 9.17) is 28.2 Å². The zero-order valence-electron chi connectivity index (χ0n) is 15.1. The predicted octanol–water partition coefficient (Wildman–Crippen LogP) is 6.46. The fourth-order valence-corrected chi connectivity index (χ4v) is 4.72. The molecule has 1 fully saturated rings. The van der Waals surface area contributed by atoms with Crippen molar-refractivity contribution in [2.75, 3.05) is 13.1 Å². The van der Waals surface area contributed by atoms with Crippen molar-refractivity contribution in [2.45, 2.75) is 39.5 Å². The Morgan fingerprint density at radius 3 is 2.38 bits per heavy atom. The molecule has 2 aliphatic rings. The lowest BCUT2D eigenvalue weighted by molar-refractivity contribution is 0.611. The van der Waals surface area contributed by atoms with Crippen LogP contribution in [0.15, 0.2) is 34.4 Å². The van der Waals surface area contributed by atoms with Gasteiger partial charge in [-0.25, -0.2) is 0 Å². The summed E-state index contributed by atoms with van der Waals surface area (Å²) >= 11 is 16.5. The number of nitrogens with zero attached hydrogens (tertiary/aromatic N) is 1. The summed E-state index contributed by atoms with van der Waals surface area (Å²) in [6.07, 6.45) is 5.82. The van der Waals surface area contributed by atoms with E-state index >= 15 is 0 Å². The van der Waals surface area contributed by atoms with E-state index in [9.17, 15) is 0 Å². The Balaban J connectivity index is 0.000000948. The number of benzene rings is 1. The number of rotatable bonds is 0. The first-order chi connectivity index (χ1) is 12.6. The first-order valence-electron chi connectivity index (χ1n) is 9.19. The third-order valence-corrected chi connectivity index (χ3v) is 5.73. The molecule has 0 atom stereocenters. The number of hydrogen-bond acceptors (Lipinski definition) is 2. The second-order valence-electron chi connectivity index (χ2n) is 6.31. The minimum absolute atomic E-state index is 0.702. The molecule has 1 N–H and O–H groups in total. The predicted molar refractivity (Wildman–Crippen MR) is 115 cm³/mol. The summed E-state index contributed by atoms with van der Waals surface area (Å²) in [5, 5.41) is 4.87. The molecule has 1 aliphatic heterocycles. The van der Waals surface area contributed by atoms with Gasteiger partial charge in [0.05, 0.1) is 10.7 Å². The van der Waals surface area contributed by atoms with Crippen LogP contribution in [0.2, 0.25) is 10.0 Å². The lowest BCUT2D eigenvalue weighted by atomic mass is 9.89. The van der Waals surface area contributed by atoms with E-state index in [1.807, 2.05) is 26.1 Å². The Morgan fingerprint density at radius 2 is 1.65 bits per heavy atom. The molecule has 2 aromatic rings. The number of pyridine rings is 1. The third-order valence-electron chi connectivity index (χ3n) is 4.78. The van der Waals surface area contributed by atoms with E-state index in [0.29, 0.717) is 5.02 Å². The highest BCUT2D eigenvalue weighted by molar-refractivity contribution is 9.10. The van der Waals surface area contributed by atoms with Gasteiger partial charge in [-0.15, -0.1) is 0 Å². The number of fused-ring (bicyclic) bond motifs is 2. The van der Waals surface area contributed by atoms with Crippen molar-refractivity contribution in [3.05, 3.63) is 66.9 Å². The van der Waals surface area contributed by atoms with Crippen LogP contribution in [0.3, 0.4) is 0 Å². The van der Waals surface area contributed by atoms with Gasteiger partial charge in [0.25, 0.3) is 0 Å². The van der Waals surface area contributed by atoms with Crippen LogP contribution in [0, 0.1) is 0 Å². The highest BCUT2D eigenvalue weighted by atomic mass is 79.9. The number of aryl methyl sites for hydroxylation is 2. The van der Waals surface area contributed by atoms with E-state index in [2.05, 4.69) is 33.4 Å². The topological polar surface area (TPSA) is 24.9 Å². The smallest absolute Gasteiger partial charge is 0.0741 e. The van der Waals surface area contributed by atoms with Crippen molar-refractivity contribution in [3.8, 4) is 0 Å². The third kappa shape index (κ3) is 4.01. The molecule has 138 valence electrons. The van der Waals surface area contributed by atoms with Gasteiger partial charge in [-0.2, -0.15) is 0 Å². The summed E-state index contributed by atoms with van der Waals surface area (Å²) in [4.78, 5) is 4.78. The summed E-state index contributed by atoms with van der Waals surface area (Å²) in [7, 11) is 0. The zero-order chi connectivity index (χ0) is 18.7. The van der Waals surface area contributed by atoms with Crippen LogP contribution in [0.5, 0.6) is 0 Å². The number of hydrogen-bond donors (Lipinski definition) is 1. The standard InChI is InChI=1S/C19H17BrCl2N2.C2H6/c20-14-7-13-2-1-12-8-15(21)9-16(22)17(12)18(19(13)24-10-14)11-3-5-23-6-4-11;1-2/h7-10,23H,1-6H2;1-2H3. The second-order valence-corrected chi connectivity index (χ2v) is 8.07. The molecule has 0 spiro atoms. The summed E-state index contributed by atoms with van der Waals surface area (Å²) in [6, 6.07) is 6.10. The fourth-order valence-electron chi connectivity index (χ4n) is 3.71. The highest BCUT2D eigenvalue weighted by Crippen LogP contribution is 2.42. The molecule has 1 saturated heterocycles. The van der Waals surface area contributed by atoms with Crippen LogP contribution in [-0.2, 0) is 12.8 Å². The van der Waals surface area contributed by atoms with Crippen LogP contribution in [-0.4, -0.2) is 18.1 Å². The van der Waals surface area contributed by atoms with Gasteiger partial charge in [0.2, 0.25) is 0 Å². The second kappa shape index (κ2) is 8.88. The molecule has 2 nitrogen and oxygen atoms in total. The molecule has 2 heterocycles. The van der Waals surface area contributed by atoms with E-state index in [1.54, 1.807) is 0 Å². The molecule has 4 rings (SSSR count). The molecule has 26 heavy (non-hydrogen) atoms. The molecular weight excluding hydrogens is 431 g/mol. The SMILES string of the molecule is CC.Clc1cc(Cl)c2c(c1)CCc1cc(Br)cnc1C2=C1CCNCC1. The summed E-state index contributed by atoms with van der Waals surface area (Å²) in [6.45, 7) is 6.01. The van der Waals surface area contributed by atoms with Crippen molar-refractivity contribution < 1.29 is 0 Å². The maximum atomic E-state index is 6.66. The minimum atomic E-state index is 0.702. The molecule has 0 radical (unpaired) electrons. The Labute approximate surface area is 174 Å². The maximum absolute atomic E-state index is 6.66. The molecule has 1 aromatic heterocycles. The first-order valence-corrected chi connectivity index (χ1v) is 10.7. The molecule has 1 aromatic carbocycles. The Bertz CT molecular complexity index is 838.